The van der Waals surface area contributed by atoms with E-state index in [0.717, 1.165) is 5.56 Å². The molecule has 1 heterocycles. The average molecular weight is 459 g/mol. The molecule has 1 aliphatic heterocycles. The van der Waals surface area contributed by atoms with Crippen LogP contribution >= 0.6 is 0 Å². The Morgan fingerprint density at radius 2 is 1.67 bits per heavy atom. The van der Waals surface area contributed by atoms with Crippen molar-refractivity contribution in [3.8, 4) is 28.7 Å². The number of hydrogen-bond donors (Lipinski definition) is 1. The third-order valence-electron chi connectivity index (χ3n) is 4.77. The highest BCUT2D eigenvalue weighted by molar-refractivity contribution is 5.98. The number of carbonyl (C=O) groups excluding carboxylic acids is 3. The predicted octanol–water partition coefficient (Wildman–Crippen LogP) is 1.67. The minimum absolute atomic E-state index is 0.0101. The zero-order chi connectivity index (χ0) is 23.8. The Bertz CT molecular complexity index is 996. The number of rotatable bonds is 9. The smallest absolute Gasteiger partial charge is 0.306 e. The molecule has 33 heavy (non-hydrogen) atoms. The van der Waals surface area contributed by atoms with Crippen molar-refractivity contribution >= 4 is 17.8 Å². The Morgan fingerprint density at radius 3 is 2.30 bits per heavy atom. The van der Waals surface area contributed by atoms with Crippen LogP contribution in [0.1, 0.15) is 12.0 Å². The molecular formula is C23H25NO9. The summed E-state index contributed by atoms with van der Waals surface area (Å²) in [4.78, 5) is 36.3. The zero-order valence-electron chi connectivity index (χ0n) is 18.5. The van der Waals surface area contributed by atoms with E-state index in [9.17, 15) is 14.4 Å². The molecule has 176 valence electrons. The summed E-state index contributed by atoms with van der Waals surface area (Å²) in [6, 6.07) is 10.3. The van der Waals surface area contributed by atoms with Gasteiger partial charge in [0.05, 0.1) is 21.3 Å². The first-order valence-corrected chi connectivity index (χ1v) is 10.1. The van der Waals surface area contributed by atoms with Crippen molar-refractivity contribution in [3.05, 3.63) is 42.0 Å². The van der Waals surface area contributed by atoms with Crippen LogP contribution in [-0.2, 0) is 25.5 Å². The van der Waals surface area contributed by atoms with Gasteiger partial charge in [-0.15, -0.1) is 0 Å². The summed E-state index contributed by atoms with van der Waals surface area (Å²) < 4.78 is 31.8. The molecular weight excluding hydrogens is 434 g/mol. The molecule has 0 spiro atoms. The molecule has 3 rings (SSSR count). The maximum Gasteiger partial charge on any atom is 0.306 e. The van der Waals surface area contributed by atoms with Gasteiger partial charge in [0.1, 0.15) is 6.61 Å². The van der Waals surface area contributed by atoms with Gasteiger partial charge in [-0.3, -0.25) is 19.7 Å². The molecule has 1 aliphatic rings. The fraction of sp³-hybridized carbons (Fsp3) is 0.348. The van der Waals surface area contributed by atoms with E-state index < -0.39 is 30.5 Å². The highest BCUT2D eigenvalue weighted by atomic mass is 16.6. The van der Waals surface area contributed by atoms with E-state index in [1.807, 2.05) is 0 Å². The number of imide groups is 1. The summed E-state index contributed by atoms with van der Waals surface area (Å²) in [7, 11) is 4.50. The molecule has 2 amide bonds. The second-order valence-corrected chi connectivity index (χ2v) is 6.97. The molecule has 1 unspecified atom stereocenters. The Kier molecular flexibility index (Phi) is 7.96. The van der Waals surface area contributed by atoms with E-state index in [0.29, 0.717) is 35.2 Å². The summed E-state index contributed by atoms with van der Waals surface area (Å²) in [5.41, 5.74) is 0.760. The second kappa shape index (κ2) is 11.1. The normalized spacial score (nSPS) is 14.1. The summed E-state index contributed by atoms with van der Waals surface area (Å²) in [6.07, 6.45) is -0.654. The molecule has 0 saturated heterocycles. The van der Waals surface area contributed by atoms with Gasteiger partial charge >= 0.3 is 5.97 Å². The Labute approximate surface area is 190 Å². The van der Waals surface area contributed by atoms with Gasteiger partial charge in [-0.05, 0) is 36.2 Å². The molecule has 10 nitrogen and oxygen atoms in total. The van der Waals surface area contributed by atoms with Crippen LogP contribution < -0.4 is 29.0 Å². The van der Waals surface area contributed by atoms with Gasteiger partial charge < -0.3 is 28.4 Å². The molecule has 0 bridgehead atoms. The molecule has 1 atom stereocenters. The molecule has 0 aromatic heterocycles. The van der Waals surface area contributed by atoms with Crippen molar-refractivity contribution in [3.63, 3.8) is 0 Å². The summed E-state index contributed by atoms with van der Waals surface area (Å²) in [5.74, 6) is 0.278. The summed E-state index contributed by atoms with van der Waals surface area (Å²) >= 11 is 0. The summed E-state index contributed by atoms with van der Waals surface area (Å²) in [5, 5.41) is 2.15. The van der Waals surface area contributed by atoms with E-state index in [-0.39, 0.29) is 13.0 Å². The standard InChI is InChI=1S/C23H25NO9/c1-28-17-10-14(11-18(29-2)22(17)30-3)8-9-21(26)32-13-20(25)24-23(27)19-12-31-15-6-4-5-7-16(15)33-19/h4-7,10-11,19H,8-9,12-13H2,1-3H3,(H,24,25,27). The number of para-hydroxylation sites is 2. The van der Waals surface area contributed by atoms with Gasteiger partial charge in [-0.2, -0.15) is 0 Å². The molecule has 2 aromatic rings. The highest BCUT2D eigenvalue weighted by Gasteiger charge is 2.28. The molecule has 10 heteroatoms. The third kappa shape index (κ3) is 6.06. The number of aryl methyl sites for hydroxylation is 1. The number of esters is 1. The first kappa shape index (κ1) is 23.7. The molecule has 0 saturated carbocycles. The van der Waals surface area contributed by atoms with Crippen molar-refractivity contribution in [2.75, 3.05) is 34.5 Å². The number of benzene rings is 2. The van der Waals surface area contributed by atoms with Crippen LogP contribution in [0, 0.1) is 0 Å². The SMILES string of the molecule is COc1cc(CCC(=O)OCC(=O)NC(=O)C2COc3ccccc3O2)cc(OC)c1OC. The van der Waals surface area contributed by atoms with Crippen LogP contribution in [-0.4, -0.2) is 58.4 Å². The van der Waals surface area contributed by atoms with Crippen LogP contribution in [0.15, 0.2) is 36.4 Å². The van der Waals surface area contributed by atoms with Crippen LogP contribution in [0.25, 0.3) is 0 Å². The highest BCUT2D eigenvalue weighted by Crippen LogP contribution is 2.38. The largest absolute Gasteiger partial charge is 0.493 e. The number of amides is 2. The topological polar surface area (TPSA) is 119 Å². The monoisotopic (exact) mass is 459 g/mol. The lowest BCUT2D eigenvalue weighted by Crippen LogP contribution is -2.47. The van der Waals surface area contributed by atoms with Gasteiger partial charge in [0.25, 0.3) is 11.8 Å². The quantitative estimate of drug-likeness (QED) is 0.559. The van der Waals surface area contributed by atoms with Gasteiger partial charge in [0.2, 0.25) is 11.9 Å². The minimum Gasteiger partial charge on any atom is -0.493 e. The van der Waals surface area contributed by atoms with Crippen molar-refractivity contribution < 1.29 is 42.8 Å². The Hall–Kier alpha value is -3.95. The number of ether oxygens (including phenoxy) is 6. The van der Waals surface area contributed by atoms with E-state index in [4.69, 9.17) is 28.4 Å². The lowest BCUT2D eigenvalue weighted by atomic mass is 10.1. The molecule has 0 fully saturated rings. The van der Waals surface area contributed by atoms with Crippen molar-refractivity contribution in [1.29, 1.82) is 0 Å². The van der Waals surface area contributed by atoms with Crippen molar-refractivity contribution in [2.45, 2.75) is 18.9 Å². The predicted molar refractivity (Wildman–Crippen MR) is 115 cm³/mol. The van der Waals surface area contributed by atoms with Crippen LogP contribution in [0.3, 0.4) is 0 Å². The number of fused-ring (bicyclic) bond motifs is 1. The maximum atomic E-state index is 12.2. The first-order valence-electron chi connectivity index (χ1n) is 10.1. The van der Waals surface area contributed by atoms with E-state index >= 15 is 0 Å². The Morgan fingerprint density at radius 1 is 1.00 bits per heavy atom. The fourth-order valence-electron chi connectivity index (χ4n) is 3.15. The maximum absolute atomic E-state index is 12.2. The van der Waals surface area contributed by atoms with Gasteiger partial charge in [0, 0.05) is 6.42 Å². The molecule has 0 aliphatic carbocycles. The minimum atomic E-state index is -0.986. The van der Waals surface area contributed by atoms with Crippen molar-refractivity contribution in [2.24, 2.45) is 0 Å². The summed E-state index contributed by atoms with van der Waals surface area (Å²) in [6.45, 7) is -0.630. The van der Waals surface area contributed by atoms with Crippen LogP contribution in [0.2, 0.25) is 0 Å². The van der Waals surface area contributed by atoms with Crippen molar-refractivity contribution in [1.82, 2.24) is 5.32 Å². The Balaban J connectivity index is 1.44. The van der Waals surface area contributed by atoms with Crippen LogP contribution in [0.5, 0.6) is 28.7 Å². The fourth-order valence-corrected chi connectivity index (χ4v) is 3.15. The number of methoxy groups -OCH3 is 3. The van der Waals surface area contributed by atoms with Gasteiger partial charge in [-0.25, -0.2) is 0 Å². The van der Waals surface area contributed by atoms with Crippen LogP contribution in [0.4, 0.5) is 0 Å². The van der Waals surface area contributed by atoms with Gasteiger partial charge in [-0.1, -0.05) is 12.1 Å². The third-order valence-corrected chi connectivity index (χ3v) is 4.77. The molecule has 0 radical (unpaired) electrons. The zero-order valence-corrected chi connectivity index (χ0v) is 18.5. The molecule has 2 aromatic carbocycles. The average Bonchev–Trinajstić information content (AvgIpc) is 2.84. The molecule has 1 N–H and O–H groups in total. The number of nitrogens with one attached hydrogen (secondary N) is 1. The van der Waals surface area contributed by atoms with E-state index in [2.05, 4.69) is 5.32 Å². The lowest BCUT2D eigenvalue weighted by molar-refractivity contribution is -0.150. The second-order valence-electron chi connectivity index (χ2n) is 6.97. The number of carbonyl (C=O) groups is 3. The van der Waals surface area contributed by atoms with E-state index in [1.54, 1.807) is 36.4 Å². The van der Waals surface area contributed by atoms with E-state index in [1.165, 1.54) is 21.3 Å². The lowest BCUT2D eigenvalue weighted by Gasteiger charge is -2.25. The van der Waals surface area contributed by atoms with Gasteiger partial charge in [0.15, 0.2) is 29.6 Å². The first-order chi connectivity index (χ1) is 15.9. The number of hydrogen-bond acceptors (Lipinski definition) is 9.